The van der Waals surface area contributed by atoms with Gasteiger partial charge in [0.15, 0.2) is 0 Å². The summed E-state index contributed by atoms with van der Waals surface area (Å²) in [5, 5.41) is 9.64. The summed E-state index contributed by atoms with van der Waals surface area (Å²) in [5.74, 6) is 0. The van der Waals surface area contributed by atoms with Crippen molar-refractivity contribution >= 4 is 10.0 Å². The highest BCUT2D eigenvalue weighted by Crippen LogP contribution is 2.28. The van der Waals surface area contributed by atoms with E-state index >= 15 is 0 Å². The van der Waals surface area contributed by atoms with Crippen LogP contribution >= 0.6 is 0 Å². The Kier molecular flexibility index (Phi) is 3.72. The molecule has 0 atom stereocenters. The van der Waals surface area contributed by atoms with Crippen LogP contribution in [0.3, 0.4) is 0 Å². The van der Waals surface area contributed by atoms with Gasteiger partial charge in [-0.25, -0.2) is 13.1 Å². The average molecular weight is 249 g/mol. The Hall–Kier alpha value is -0.130. The van der Waals surface area contributed by atoms with E-state index in [0.717, 1.165) is 25.7 Å². The van der Waals surface area contributed by atoms with E-state index in [1.54, 1.807) is 27.7 Å². The van der Waals surface area contributed by atoms with Gasteiger partial charge in [-0.15, -0.1) is 0 Å². The van der Waals surface area contributed by atoms with Crippen LogP contribution in [0, 0.1) is 0 Å². The lowest BCUT2D eigenvalue weighted by Gasteiger charge is -2.38. The molecule has 1 rings (SSSR count). The van der Waals surface area contributed by atoms with Gasteiger partial charge in [-0.2, -0.15) is 0 Å². The quantitative estimate of drug-likeness (QED) is 0.791. The number of hydrogen-bond donors (Lipinski definition) is 2. The van der Waals surface area contributed by atoms with Crippen molar-refractivity contribution in [3.8, 4) is 0 Å². The van der Waals surface area contributed by atoms with Gasteiger partial charge >= 0.3 is 0 Å². The van der Waals surface area contributed by atoms with Crippen molar-refractivity contribution in [3.05, 3.63) is 0 Å². The van der Waals surface area contributed by atoms with Crippen LogP contribution in [-0.4, -0.2) is 29.9 Å². The molecule has 0 unspecified atom stereocenters. The van der Waals surface area contributed by atoms with Gasteiger partial charge in [0.05, 0.1) is 16.4 Å². The lowest BCUT2D eigenvalue weighted by Crippen LogP contribution is -2.59. The summed E-state index contributed by atoms with van der Waals surface area (Å²) in [4.78, 5) is 0. The zero-order valence-electron chi connectivity index (χ0n) is 10.6. The van der Waals surface area contributed by atoms with Crippen molar-refractivity contribution in [1.29, 1.82) is 0 Å². The fraction of sp³-hybridized carbons (Fsp3) is 1.00. The zero-order chi connectivity index (χ0) is 12.6. The lowest BCUT2D eigenvalue weighted by atomic mass is 9.87. The molecule has 1 saturated carbocycles. The second-order valence-corrected chi connectivity index (χ2v) is 7.70. The third kappa shape index (κ3) is 2.96. The topological polar surface area (TPSA) is 66.4 Å². The van der Waals surface area contributed by atoms with E-state index in [0.29, 0.717) is 0 Å². The highest BCUT2D eigenvalue weighted by molar-refractivity contribution is 7.90. The Labute approximate surface area is 98.5 Å². The van der Waals surface area contributed by atoms with Crippen LogP contribution in [0.1, 0.15) is 53.4 Å². The standard InChI is InChI=1S/C11H23NO3S/c1-10(2,11(3,4)13)12-16(14,15)9-7-5-6-8-9/h9,12-13H,5-8H2,1-4H3. The predicted octanol–water partition coefficient (Wildman–Crippen LogP) is 1.40. The molecule has 2 N–H and O–H groups in total. The molecule has 0 saturated heterocycles. The molecule has 0 spiro atoms. The Balaban J connectivity index is 2.80. The molecular formula is C11H23NO3S. The van der Waals surface area contributed by atoms with E-state index < -0.39 is 21.2 Å². The minimum absolute atomic E-state index is 0.283. The van der Waals surface area contributed by atoms with Gasteiger partial charge in [-0.05, 0) is 40.5 Å². The predicted molar refractivity (Wildman–Crippen MR) is 64.7 cm³/mol. The average Bonchev–Trinajstić information content (AvgIpc) is 2.50. The summed E-state index contributed by atoms with van der Waals surface area (Å²) < 4.78 is 26.8. The van der Waals surface area contributed by atoms with Crippen molar-refractivity contribution in [2.75, 3.05) is 0 Å². The van der Waals surface area contributed by atoms with Crippen molar-refractivity contribution in [2.24, 2.45) is 0 Å². The van der Waals surface area contributed by atoms with Gasteiger partial charge < -0.3 is 5.11 Å². The molecule has 0 aromatic rings. The third-order valence-corrected chi connectivity index (χ3v) is 5.81. The van der Waals surface area contributed by atoms with Crippen molar-refractivity contribution in [2.45, 2.75) is 69.8 Å². The monoisotopic (exact) mass is 249 g/mol. The maximum absolute atomic E-state index is 12.1. The van der Waals surface area contributed by atoms with E-state index in [1.807, 2.05) is 0 Å². The maximum Gasteiger partial charge on any atom is 0.215 e. The first kappa shape index (κ1) is 13.9. The minimum Gasteiger partial charge on any atom is -0.389 e. The first-order chi connectivity index (χ1) is 7.06. The molecule has 0 aliphatic heterocycles. The number of aliphatic hydroxyl groups is 1. The molecule has 0 heterocycles. The molecule has 0 bridgehead atoms. The Morgan fingerprint density at radius 3 is 1.94 bits per heavy atom. The van der Waals surface area contributed by atoms with E-state index in [4.69, 9.17) is 0 Å². The lowest BCUT2D eigenvalue weighted by molar-refractivity contribution is 0.00627. The first-order valence-electron chi connectivity index (χ1n) is 5.81. The molecule has 0 aromatic carbocycles. The summed E-state index contributed by atoms with van der Waals surface area (Å²) in [6, 6.07) is 0. The molecule has 4 nitrogen and oxygen atoms in total. The SMILES string of the molecule is CC(C)(O)C(C)(C)NS(=O)(=O)C1CCCC1. The van der Waals surface area contributed by atoms with Crippen LogP contribution in [0.4, 0.5) is 0 Å². The number of rotatable bonds is 4. The summed E-state index contributed by atoms with van der Waals surface area (Å²) in [7, 11) is -3.31. The minimum atomic E-state index is -3.31. The van der Waals surface area contributed by atoms with E-state index in [2.05, 4.69) is 4.72 Å². The molecule has 0 aromatic heterocycles. The fourth-order valence-electron chi connectivity index (χ4n) is 1.76. The molecule has 96 valence electrons. The van der Waals surface area contributed by atoms with Gasteiger partial charge in [-0.3, -0.25) is 0 Å². The molecule has 5 heteroatoms. The molecule has 1 fully saturated rings. The molecule has 1 aliphatic rings. The Morgan fingerprint density at radius 1 is 1.12 bits per heavy atom. The van der Waals surface area contributed by atoms with E-state index in [-0.39, 0.29) is 5.25 Å². The summed E-state index contributed by atoms with van der Waals surface area (Å²) in [6.45, 7) is 6.65. The number of nitrogens with one attached hydrogen (secondary N) is 1. The second-order valence-electron chi connectivity index (χ2n) is 5.74. The highest BCUT2D eigenvalue weighted by atomic mass is 32.2. The van der Waals surface area contributed by atoms with Crippen LogP contribution in [-0.2, 0) is 10.0 Å². The number of hydrogen-bond acceptors (Lipinski definition) is 3. The summed E-state index contributed by atoms with van der Waals surface area (Å²) in [6.07, 6.45) is 3.43. The van der Waals surface area contributed by atoms with Crippen LogP contribution < -0.4 is 4.72 Å². The maximum atomic E-state index is 12.1. The van der Waals surface area contributed by atoms with E-state index in [9.17, 15) is 13.5 Å². The van der Waals surface area contributed by atoms with Gasteiger partial charge in [0.2, 0.25) is 10.0 Å². The van der Waals surface area contributed by atoms with Crippen LogP contribution in [0.2, 0.25) is 0 Å². The summed E-state index contributed by atoms with van der Waals surface area (Å²) >= 11 is 0. The van der Waals surface area contributed by atoms with Crippen LogP contribution in [0.15, 0.2) is 0 Å². The fourth-order valence-corrected chi connectivity index (χ4v) is 3.84. The smallest absolute Gasteiger partial charge is 0.215 e. The van der Waals surface area contributed by atoms with Crippen molar-refractivity contribution in [3.63, 3.8) is 0 Å². The Morgan fingerprint density at radius 2 is 1.56 bits per heavy atom. The first-order valence-corrected chi connectivity index (χ1v) is 7.36. The van der Waals surface area contributed by atoms with Gasteiger partial charge in [-0.1, -0.05) is 12.8 Å². The van der Waals surface area contributed by atoms with Gasteiger partial charge in [0.25, 0.3) is 0 Å². The highest BCUT2D eigenvalue weighted by Gasteiger charge is 2.41. The second kappa shape index (κ2) is 4.27. The number of sulfonamides is 1. The molecule has 16 heavy (non-hydrogen) atoms. The van der Waals surface area contributed by atoms with Crippen molar-refractivity contribution in [1.82, 2.24) is 4.72 Å². The largest absolute Gasteiger partial charge is 0.389 e. The van der Waals surface area contributed by atoms with Crippen molar-refractivity contribution < 1.29 is 13.5 Å². The zero-order valence-corrected chi connectivity index (χ0v) is 11.4. The molecule has 0 amide bonds. The Bertz CT molecular complexity index is 335. The molecule has 1 aliphatic carbocycles. The van der Waals surface area contributed by atoms with Gasteiger partial charge in [0, 0.05) is 0 Å². The van der Waals surface area contributed by atoms with Crippen LogP contribution in [0.25, 0.3) is 0 Å². The third-order valence-electron chi connectivity index (χ3n) is 3.67. The van der Waals surface area contributed by atoms with Crippen LogP contribution in [0.5, 0.6) is 0 Å². The van der Waals surface area contributed by atoms with Gasteiger partial charge in [0.1, 0.15) is 0 Å². The summed E-state index contributed by atoms with van der Waals surface area (Å²) in [5.41, 5.74) is -1.94. The molecule has 0 radical (unpaired) electrons. The molecular weight excluding hydrogens is 226 g/mol. The normalized spacial score (nSPS) is 20.3. The van der Waals surface area contributed by atoms with E-state index in [1.165, 1.54) is 0 Å².